The van der Waals surface area contributed by atoms with E-state index in [2.05, 4.69) is 48.5 Å². The Morgan fingerprint density at radius 1 is 0.767 bits per heavy atom. The lowest BCUT2D eigenvalue weighted by atomic mass is 9.57. The molecule has 4 rings (SSSR count). The molecule has 0 aromatic rings. The molecule has 2 heterocycles. The van der Waals surface area contributed by atoms with Crippen LogP contribution in [0.5, 0.6) is 0 Å². The second kappa shape index (κ2) is 7.47. The maximum absolute atomic E-state index is 11.6. The largest absolute Gasteiger partial charge is 0.462 e. The van der Waals surface area contributed by atoms with Crippen LogP contribution in [0.3, 0.4) is 0 Å². The van der Waals surface area contributed by atoms with Crippen molar-refractivity contribution in [1.29, 1.82) is 0 Å². The van der Waals surface area contributed by atoms with Gasteiger partial charge in [0.25, 0.3) is 0 Å². The first kappa shape index (κ1) is 22.6. The molecule has 0 radical (unpaired) electrons. The van der Waals surface area contributed by atoms with E-state index in [0.29, 0.717) is 29.8 Å². The van der Waals surface area contributed by atoms with Gasteiger partial charge in [-0.3, -0.25) is 4.79 Å². The van der Waals surface area contributed by atoms with Crippen molar-refractivity contribution in [3.8, 4) is 0 Å². The van der Waals surface area contributed by atoms with Gasteiger partial charge >= 0.3 is 5.97 Å². The van der Waals surface area contributed by atoms with Crippen LogP contribution in [0.25, 0.3) is 0 Å². The van der Waals surface area contributed by atoms with Gasteiger partial charge in [0.05, 0.1) is 12.2 Å². The fraction of sp³-hybridized carbons (Fsp3) is 0.962. The predicted molar refractivity (Wildman–Crippen MR) is 118 cm³/mol. The molecule has 0 N–H and O–H groups in total. The van der Waals surface area contributed by atoms with Gasteiger partial charge in [-0.25, -0.2) is 0 Å². The Bertz CT molecular complexity index is 670. The van der Waals surface area contributed by atoms with Crippen molar-refractivity contribution in [2.45, 2.75) is 118 Å². The molecule has 2 aliphatic heterocycles. The van der Waals surface area contributed by atoms with Crippen LogP contribution in [0.2, 0.25) is 0 Å². The summed E-state index contributed by atoms with van der Waals surface area (Å²) in [5.74, 6) is 2.19. The molecule has 0 bridgehead atoms. The lowest BCUT2D eigenvalue weighted by Gasteiger charge is -2.62. The number of fused-ring (bicyclic) bond motifs is 2. The maximum atomic E-state index is 11.6. The molecular formula is C26H44O4. The summed E-state index contributed by atoms with van der Waals surface area (Å²) in [6.45, 7) is 18.2. The molecule has 0 amide bonds. The third-order valence-electron chi connectivity index (χ3n) is 9.33. The van der Waals surface area contributed by atoms with Crippen molar-refractivity contribution in [3.05, 3.63) is 0 Å². The Morgan fingerprint density at radius 3 is 1.77 bits per heavy atom. The summed E-state index contributed by atoms with van der Waals surface area (Å²) < 4.78 is 19.6. The molecule has 4 heteroatoms. The number of ether oxygens (including phenoxy) is 3. The summed E-state index contributed by atoms with van der Waals surface area (Å²) in [6.07, 6.45) is 6.68. The summed E-state index contributed by atoms with van der Waals surface area (Å²) in [4.78, 5) is 11.6. The van der Waals surface area contributed by atoms with Gasteiger partial charge in [-0.2, -0.15) is 0 Å². The molecule has 4 nitrogen and oxygen atoms in total. The zero-order valence-electron chi connectivity index (χ0n) is 20.5. The molecule has 172 valence electrons. The summed E-state index contributed by atoms with van der Waals surface area (Å²) in [6, 6.07) is 0. The van der Waals surface area contributed by atoms with Crippen LogP contribution in [0, 0.1) is 40.4 Å². The number of hydrogen-bond donors (Lipinski definition) is 0. The van der Waals surface area contributed by atoms with E-state index in [1.54, 1.807) is 0 Å². The first-order valence-electron chi connectivity index (χ1n) is 12.3. The average molecular weight is 421 g/mol. The Balaban J connectivity index is 1.57. The van der Waals surface area contributed by atoms with Crippen LogP contribution in [-0.2, 0) is 19.0 Å². The van der Waals surface area contributed by atoms with Crippen LogP contribution in [0.15, 0.2) is 0 Å². The van der Waals surface area contributed by atoms with Crippen LogP contribution >= 0.6 is 0 Å². The first-order chi connectivity index (χ1) is 13.8. The second-order valence-electron chi connectivity index (χ2n) is 12.8. The molecule has 2 saturated carbocycles. The van der Waals surface area contributed by atoms with E-state index in [0.717, 1.165) is 38.0 Å². The van der Waals surface area contributed by atoms with Gasteiger partial charge in [0.1, 0.15) is 6.10 Å². The normalized spacial score (nSPS) is 49.7. The van der Waals surface area contributed by atoms with E-state index in [9.17, 15) is 4.79 Å². The fourth-order valence-corrected chi connectivity index (χ4v) is 7.61. The molecule has 4 fully saturated rings. The van der Waals surface area contributed by atoms with Gasteiger partial charge < -0.3 is 14.2 Å². The molecule has 2 aliphatic carbocycles. The van der Waals surface area contributed by atoms with Crippen molar-refractivity contribution in [3.63, 3.8) is 0 Å². The lowest BCUT2D eigenvalue weighted by Crippen LogP contribution is -2.64. The number of esters is 1. The van der Waals surface area contributed by atoms with E-state index in [1.165, 1.54) is 13.3 Å². The molecule has 2 saturated heterocycles. The van der Waals surface area contributed by atoms with Crippen molar-refractivity contribution in [1.82, 2.24) is 0 Å². The van der Waals surface area contributed by atoms with Crippen molar-refractivity contribution >= 4 is 5.97 Å². The Morgan fingerprint density at radius 2 is 1.23 bits per heavy atom. The summed E-state index contributed by atoms with van der Waals surface area (Å²) in [5.41, 5.74) is 0.318. The fourth-order valence-electron chi connectivity index (χ4n) is 7.61. The van der Waals surface area contributed by atoms with Gasteiger partial charge in [-0.1, -0.05) is 48.5 Å². The highest BCUT2D eigenvalue weighted by Crippen LogP contribution is 2.60. The zero-order valence-corrected chi connectivity index (χ0v) is 20.5. The van der Waals surface area contributed by atoms with Crippen LogP contribution in [-0.4, -0.2) is 30.1 Å². The topological polar surface area (TPSA) is 44.8 Å². The minimum absolute atomic E-state index is 0.00875. The van der Waals surface area contributed by atoms with Gasteiger partial charge in [0.15, 0.2) is 5.79 Å². The maximum Gasteiger partial charge on any atom is 0.302 e. The number of carbonyl (C=O) groups excluding carboxylic acids is 1. The van der Waals surface area contributed by atoms with Crippen molar-refractivity contribution < 1.29 is 19.0 Å². The summed E-state index contributed by atoms with van der Waals surface area (Å²) in [7, 11) is 0. The summed E-state index contributed by atoms with van der Waals surface area (Å²) >= 11 is 0. The van der Waals surface area contributed by atoms with Gasteiger partial charge in [-0.05, 0) is 66.1 Å². The van der Waals surface area contributed by atoms with Crippen molar-refractivity contribution in [2.75, 3.05) is 0 Å². The monoisotopic (exact) mass is 420 g/mol. The summed E-state index contributed by atoms with van der Waals surface area (Å²) in [5, 5.41) is 0. The molecule has 0 aromatic carbocycles. The molecule has 0 aromatic heterocycles. The highest BCUT2D eigenvalue weighted by molar-refractivity contribution is 5.66. The van der Waals surface area contributed by atoms with Crippen LogP contribution in [0.1, 0.15) is 93.9 Å². The Labute approximate surface area is 183 Å². The minimum Gasteiger partial charge on any atom is -0.462 e. The SMILES string of the molecule is CC(=O)OC1CC2C(CC1C)OC1(CC(C)(C)C3CC(C)C(C)CC3O1)CC2(C)C. The van der Waals surface area contributed by atoms with Gasteiger partial charge in [0.2, 0.25) is 0 Å². The Kier molecular flexibility index (Phi) is 5.62. The number of carbonyl (C=O) groups is 1. The minimum atomic E-state index is -0.469. The third kappa shape index (κ3) is 3.96. The lowest BCUT2D eigenvalue weighted by molar-refractivity contribution is -0.381. The molecule has 9 unspecified atom stereocenters. The molecular weight excluding hydrogens is 376 g/mol. The van der Waals surface area contributed by atoms with Crippen molar-refractivity contribution in [2.24, 2.45) is 40.4 Å². The highest BCUT2D eigenvalue weighted by Gasteiger charge is 2.61. The van der Waals surface area contributed by atoms with E-state index in [1.807, 2.05) is 0 Å². The predicted octanol–water partition coefficient (Wildman–Crippen LogP) is 5.97. The Hall–Kier alpha value is -0.610. The van der Waals surface area contributed by atoms with E-state index in [4.69, 9.17) is 14.2 Å². The zero-order chi connectivity index (χ0) is 22.1. The van der Waals surface area contributed by atoms with Crippen LogP contribution < -0.4 is 0 Å². The molecule has 4 aliphatic rings. The van der Waals surface area contributed by atoms with E-state index >= 15 is 0 Å². The third-order valence-corrected chi connectivity index (χ3v) is 9.33. The average Bonchev–Trinajstić information content (AvgIpc) is 2.56. The van der Waals surface area contributed by atoms with E-state index in [-0.39, 0.29) is 29.0 Å². The van der Waals surface area contributed by atoms with Gasteiger partial charge in [0, 0.05) is 19.8 Å². The highest BCUT2D eigenvalue weighted by atomic mass is 16.7. The second-order valence-corrected chi connectivity index (χ2v) is 12.8. The van der Waals surface area contributed by atoms with Gasteiger partial charge in [-0.15, -0.1) is 0 Å². The standard InChI is InChI=1S/C26H44O4/c1-15-9-19-22(10-16(15)2)29-26(13-24(19,5)6)14-25(7,8)20-12-21(28-18(4)27)17(3)11-23(20)30-26/h15-17,19-23H,9-14H2,1-8H3. The van der Waals surface area contributed by atoms with Crippen LogP contribution in [0.4, 0.5) is 0 Å². The number of hydrogen-bond acceptors (Lipinski definition) is 4. The molecule has 9 atom stereocenters. The first-order valence-corrected chi connectivity index (χ1v) is 12.3. The molecule has 30 heavy (non-hydrogen) atoms. The quantitative estimate of drug-likeness (QED) is 0.490. The smallest absolute Gasteiger partial charge is 0.302 e. The van der Waals surface area contributed by atoms with E-state index < -0.39 is 5.79 Å². The molecule has 1 spiro atoms. The number of rotatable bonds is 1.